The zero-order valence-corrected chi connectivity index (χ0v) is 9.14. The molecule has 0 aliphatic heterocycles. The molecule has 1 rings (SSSR count). The highest BCUT2D eigenvalue weighted by atomic mass is 35.5. The smallest absolute Gasteiger partial charge is 0.159 e. The normalized spacial score (nSPS) is 9.27. The molecule has 0 heterocycles. The van der Waals surface area contributed by atoms with Crippen molar-refractivity contribution in [3.63, 3.8) is 0 Å². The molecule has 0 atom stereocenters. The minimum Gasteiger partial charge on any atom is -0.395 e. The molecule has 1 N–H and O–H groups in total. The number of aliphatic hydroxyl groups excluding tert-OH is 1. The van der Waals surface area contributed by atoms with Gasteiger partial charge < -0.3 is 5.11 Å². The summed E-state index contributed by atoms with van der Waals surface area (Å²) in [7, 11) is 0. The molecule has 0 saturated heterocycles. The number of hydrogen-bond donors (Lipinski definition) is 1. The van der Waals surface area contributed by atoms with Crippen molar-refractivity contribution in [2.24, 2.45) is 0 Å². The maximum Gasteiger partial charge on any atom is 0.159 e. The van der Waals surface area contributed by atoms with Crippen molar-refractivity contribution in [1.29, 1.82) is 0 Å². The van der Waals surface area contributed by atoms with Crippen LogP contribution in [0.2, 0.25) is 5.02 Å². The number of aliphatic hydroxyl groups is 1. The van der Waals surface area contributed by atoms with E-state index < -0.39 is 0 Å². The molecular weight excluding hydrogens is 212 g/mol. The predicted molar refractivity (Wildman–Crippen MR) is 60.0 cm³/mol. The lowest BCUT2D eigenvalue weighted by atomic mass is 10.1. The van der Waals surface area contributed by atoms with E-state index >= 15 is 0 Å². The van der Waals surface area contributed by atoms with Crippen LogP contribution in [-0.4, -0.2) is 17.5 Å². The fourth-order valence-electron chi connectivity index (χ4n) is 1.05. The van der Waals surface area contributed by atoms with E-state index in [1.54, 1.807) is 18.2 Å². The average Bonchev–Trinajstić information content (AvgIpc) is 2.20. The van der Waals surface area contributed by atoms with Gasteiger partial charge in [-0.25, -0.2) is 0 Å². The third kappa shape index (κ3) is 3.39. The van der Waals surface area contributed by atoms with Gasteiger partial charge in [-0.3, -0.25) is 4.79 Å². The first-order chi connectivity index (χ1) is 7.15. The van der Waals surface area contributed by atoms with Crippen LogP contribution in [0.3, 0.4) is 0 Å². The first kappa shape index (κ1) is 11.8. The lowest BCUT2D eigenvalue weighted by Gasteiger charge is -1.98. The molecule has 0 radical (unpaired) electrons. The molecule has 2 nitrogen and oxygen atoms in total. The van der Waals surface area contributed by atoms with Gasteiger partial charge in [0.05, 0.1) is 11.6 Å². The van der Waals surface area contributed by atoms with E-state index in [0.717, 1.165) is 0 Å². The van der Waals surface area contributed by atoms with Crippen molar-refractivity contribution in [2.45, 2.75) is 13.3 Å². The maximum atomic E-state index is 11.0. The lowest BCUT2D eigenvalue weighted by molar-refractivity contribution is 0.101. The van der Waals surface area contributed by atoms with Gasteiger partial charge in [0, 0.05) is 17.5 Å². The van der Waals surface area contributed by atoms with Crippen LogP contribution in [0.5, 0.6) is 0 Å². The van der Waals surface area contributed by atoms with Gasteiger partial charge in [-0.15, -0.1) is 0 Å². The Labute approximate surface area is 93.9 Å². The monoisotopic (exact) mass is 222 g/mol. The highest BCUT2D eigenvalue weighted by Crippen LogP contribution is 2.17. The van der Waals surface area contributed by atoms with Crippen LogP contribution in [0.25, 0.3) is 0 Å². The van der Waals surface area contributed by atoms with Gasteiger partial charge in [-0.05, 0) is 19.1 Å². The molecule has 0 fully saturated rings. The van der Waals surface area contributed by atoms with Crippen molar-refractivity contribution in [3.05, 3.63) is 34.3 Å². The minimum atomic E-state index is -0.0215. The van der Waals surface area contributed by atoms with E-state index in [4.69, 9.17) is 16.7 Å². The summed E-state index contributed by atoms with van der Waals surface area (Å²) >= 11 is 5.94. The molecule has 15 heavy (non-hydrogen) atoms. The molecule has 0 saturated carbocycles. The Kier molecular flexibility index (Phi) is 4.36. The molecule has 1 aromatic rings. The molecular formula is C12H11ClO2. The Hall–Kier alpha value is -1.30. The van der Waals surface area contributed by atoms with Gasteiger partial charge in [0.2, 0.25) is 0 Å². The molecule has 0 aromatic heterocycles. The van der Waals surface area contributed by atoms with Crippen molar-refractivity contribution in [1.82, 2.24) is 0 Å². The topological polar surface area (TPSA) is 37.3 Å². The third-order valence-corrected chi connectivity index (χ3v) is 2.15. The highest BCUT2D eigenvalue weighted by molar-refractivity contribution is 6.32. The number of carbonyl (C=O) groups excluding carboxylic acids is 1. The number of hydrogen-bond acceptors (Lipinski definition) is 2. The number of rotatable bonds is 2. The van der Waals surface area contributed by atoms with E-state index in [2.05, 4.69) is 11.8 Å². The maximum absolute atomic E-state index is 11.0. The summed E-state index contributed by atoms with van der Waals surface area (Å²) in [6.07, 6.45) is 0.421. The Bertz CT molecular complexity index is 427. The van der Waals surface area contributed by atoms with E-state index in [9.17, 15) is 4.79 Å². The largest absolute Gasteiger partial charge is 0.395 e. The number of halogens is 1. The summed E-state index contributed by atoms with van der Waals surface area (Å²) in [5.74, 6) is 5.58. The quantitative estimate of drug-likeness (QED) is 0.616. The second kappa shape index (κ2) is 5.55. The fourth-order valence-corrected chi connectivity index (χ4v) is 1.28. The molecule has 0 spiro atoms. The van der Waals surface area contributed by atoms with Gasteiger partial charge in [0.1, 0.15) is 0 Å². The van der Waals surface area contributed by atoms with Crippen LogP contribution in [0.4, 0.5) is 0 Å². The average molecular weight is 223 g/mol. The second-order valence-corrected chi connectivity index (χ2v) is 3.43. The Morgan fingerprint density at radius 1 is 1.53 bits per heavy atom. The molecule has 3 heteroatoms. The standard InChI is InChI=1S/C12H11ClO2/c1-9(15)11-6-5-10(12(13)8-11)4-2-3-7-14/h5-6,8,14H,3,7H2,1H3. The molecule has 0 aliphatic rings. The van der Waals surface area contributed by atoms with Gasteiger partial charge in [-0.2, -0.15) is 0 Å². The van der Waals surface area contributed by atoms with Crippen LogP contribution in [0, 0.1) is 11.8 Å². The van der Waals surface area contributed by atoms with Crippen molar-refractivity contribution in [2.75, 3.05) is 6.61 Å². The van der Waals surface area contributed by atoms with Crippen LogP contribution in [0.15, 0.2) is 18.2 Å². The Morgan fingerprint density at radius 3 is 2.80 bits per heavy atom. The molecule has 0 amide bonds. The predicted octanol–water partition coefficient (Wildman–Crippen LogP) is 2.28. The molecule has 0 aliphatic carbocycles. The van der Waals surface area contributed by atoms with Crippen molar-refractivity contribution in [3.8, 4) is 11.8 Å². The molecule has 78 valence electrons. The van der Waals surface area contributed by atoms with Gasteiger partial charge in [0.15, 0.2) is 5.78 Å². The zero-order chi connectivity index (χ0) is 11.3. The van der Waals surface area contributed by atoms with Crippen LogP contribution < -0.4 is 0 Å². The number of Topliss-reactive ketones (excluding diaryl/α,β-unsaturated/α-hetero) is 1. The first-order valence-electron chi connectivity index (χ1n) is 4.55. The minimum absolute atomic E-state index is 0.0215. The second-order valence-electron chi connectivity index (χ2n) is 3.03. The van der Waals surface area contributed by atoms with Crippen LogP contribution >= 0.6 is 11.6 Å². The highest BCUT2D eigenvalue weighted by Gasteiger charge is 2.02. The lowest BCUT2D eigenvalue weighted by Crippen LogP contribution is -1.92. The van der Waals surface area contributed by atoms with Crippen LogP contribution in [0.1, 0.15) is 29.3 Å². The van der Waals surface area contributed by atoms with Gasteiger partial charge in [0.25, 0.3) is 0 Å². The van der Waals surface area contributed by atoms with Crippen molar-refractivity contribution >= 4 is 17.4 Å². The Morgan fingerprint density at radius 2 is 2.27 bits per heavy atom. The van der Waals surface area contributed by atoms with Gasteiger partial charge in [-0.1, -0.05) is 29.5 Å². The first-order valence-corrected chi connectivity index (χ1v) is 4.93. The molecule has 1 aromatic carbocycles. The summed E-state index contributed by atoms with van der Waals surface area (Å²) in [4.78, 5) is 11.0. The molecule has 0 bridgehead atoms. The SMILES string of the molecule is CC(=O)c1ccc(C#CCCO)c(Cl)c1. The van der Waals surface area contributed by atoms with E-state index in [0.29, 0.717) is 22.6 Å². The zero-order valence-electron chi connectivity index (χ0n) is 8.38. The summed E-state index contributed by atoms with van der Waals surface area (Å²) in [6.45, 7) is 1.53. The van der Waals surface area contributed by atoms with Crippen LogP contribution in [-0.2, 0) is 0 Å². The fraction of sp³-hybridized carbons (Fsp3) is 0.250. The van der Waals surface area contributed by atoms with Gasteiger partial charge >= 0.3 is 0 Å². The third-order valence-electron chi connectivity index (χ3n) is 1.84. The molecule has 0 unspecified atom stereocenters. The number of ketones is 1. The Balaban J connectivity index is 2.95. The van der Waals surface area contributed by atoms with E-state index in [-0.39, 0.29) is 12.4 Å². The van der Waals surface area contributed by atoms with Crippen molar-refractivity contribution < 1.29 is 9.90 Å². The van der Waals surface area contributed by atoms with E-state index in [1.807, 2.05) is 0 Å². The van der Waals surface area contributed by atoms with E-state index in [1.165, 1.54) is 6.92 Å². The summed E-state index contributed by atoms with van der Waals surface area (Å²) < 4.78 is 0. The number of benzene rings is 1. The number of carbonyl (C=O) groups is 1. The summed E-state index contributed by atoms with van der Waals surface area (Å²) in [5.41, 5.74) is 1.25. The summed E-state index contributed by atoms with van der Waals surface area (Å²) in [5, 5.41) is 9.02. The summed E-state index contributed by atoms with van der Waals surface area (Å²) in [6, 6.07) is 5.01.